The maximum Gasteiger partial charge on any atom is 0.225 e. The van der Waals surface area contributed by atoms with Crippen LogP contribution in [-0.2, 0) is 6.42 Å². The highest BCUT2D eigenvalue weighted by Crippen LogP contribution is 2.42. The fraction of sp³-hybridized carbons (Fsp3) is 0.368. The van der Waals surface area contributed by atoms with Crippen LogP contribution >= 0.6 is 22.9 Å². The highest BCUT2D eigenvalue weighted by molar-refractivity contribution is 7.19. The van der Waals surface area contributed by atoms with E-state index < -0.39 is 0 Å². The quantitative estimate of drug-likeness (QED) is 0.634. The van der Waals surface area contributed by atoms with E-state index in [1.54, 1.807) is 11.3 Å². The van der Waals surface area contributed by atoms with Crippen LogP contribution in [0.2, 0.25) is 5.28 Å². The van der Waals surface area contributed by atoms with Gasteiger partial charge in [-0.15, -0.1) is 11.3 Å². The standard InChI is InChI=1S/C19H22ClN3OS/c1-4-13-6-8-14(9-7-13)15-12(3)25-18-16(15)17(21-19(20)22-18)23(5-2)10-11-24/h6-9,24H,4-5,10-11H2,1-3H3. The van der Waals surface area contributed by atoms with Gasteiger partial charge in [-0.25, -0.2) is 4.98 Å². The van der Waals surface area contributed by atoms with E-state index in [0.717, 1.165) is 40.1 Å². The van der Waals surface area contributed by atoms with E-state index in [0.29, 0.717) is 6.54 Å². The average molecular weight is 376 g/mol. The van der Waals surface area contributed by atoms with E-state index in [4.69, 9.17) is 11.6 Å². The van der Waals surface area contributed by atoms with Crippen molar-refractivity contribution >= 4 is 39.0 Å². The van der Waals surface area contributed by atoms with Crippen LogP contribution in [0.3, 0.4) is 0 Å². The molecule has 4 nitrogen and oxygen atoms in total. The number of aliphatic hydroxyl groups excluding tert-OH is 1. The summed E-state index contributed by atoms with van der Waals surface area (Å²) in [5.41, 5.74) is 3.63. The first-order chi connectivity index (χ1) is 12.1. The predicted octanol–water partition coefficient (Wildman–Crippen LogP) is 4.70. The number of likely N-dealkylation sites (N-methyl/N-ethyl adjacent to an activating group) is 1. The number of fused-ring (bicyclic) bond motifs is 1. The third-order valence-electron chi connectivity index (χ3n) is 4.38. The van der Waals surface area contributed by atoms with E-state index in [1.807, 2.05) is 11.8 Å². The highest BCUT2D eigenvalue weighted by atomic mass is 35.5. The molecule has 0 radical (unpaired) electrons. The lowest BCUT2D eigenvalue weighted by Crippen LogP contribution is -2.27. The summed E-state index contributed by atoms with van der Waals surface area (Å²) in [6.07, 6.45) is 1.02. The second kappa shape index (κ2) is 7.68. The van der Waals surface area contributed by atoms with E-state index in [1.165, 1.54) is 10.4 Å². The molecule has 0 bridgehead atoms. The molecule has 0 saturated heterocycles. The Morgan fingerprint density at radius 3 is 2.48 bits per heavy atom. The van der Waals surface area contributed by atoms with Crippen LogP contribution in [0.15, 0.2) is 24.3 Å². The molecule has 0 fully saturated rings. The zero-order valence-corrected chi connectivity index (χ0v) is 16.3. The maximum atomic E-state index is 9.40. The van der Waals surface area contributed by atoms with Crippen molar-refractivity contribution in [3.8, 4) is 11.1 Å². The molecule has 3 rings (SSSR count). The van der Waals surface area contributed by atoms with Crippen LogP contribution in [0.25, 0.3) is 21.3 Å². The van der Waals surface area contributed by atoms with Crippen LogP contribution in [0.5, 0.6) is 0 Å². The van der Waals surface area contributed by atoms with Gasteiger partial charge in [-0.05, 0) is 43.0 Å². The van der Waals surface area contributed by atoms with Crippen molar-refractivity contribution in [3.05, 3.63) is 40.0 Å². The number of rotatable bonds is 6. The predicted molar refractivity (Wildman–Crippen MR) is 107 cm³/mol. The summed E-state index contributed by atoms with van der Waals surface area (Å²) in [6.45, 7) is 7.64. The fourth-order valence-corrected chi connectivity index (χ4v) is 4.34. The minimum atomic E-state index is 0.0700. The third kappa shape index (κ3) is 3.50. The van der Waals surface area contributed by atoms with Crippen LogP contribution in [0.4, 0.5) is 5.82 Å². The van der Waals surface area contributed by atoms with E-state index in [2.05, 4.69) is 48.1 Å². The van der Waals surface area contributed by atoms with Crippen LogP contribution in [0, 0.1) is 6.92 Å². The van der Waals surface area contributed by atoms with Crippen molar-refractivity contribution in [2.75, 3.05) is 24.6 Å². The largest absolute Gasteiger partial charge is 0.395 e. The molecule has 3 aromatic rings. The Morgan fingerprint density at radius 2 is 1.88 bits per heavy atom. The molecule has 25 heavy (non-hydrogen) atoms. The Bertz CT molecular complexity index is 877. The van der Waals surface area contributed by atoms with Gasteiger partial charge < -0.3 is 10.0 Å². The highest BCUT2D eigenvalue weighted by Gasteiger charge is 2.21. The van der Waals surface area contributed by atoms with Crippen molar-refractivity contribution in [1.29, 1.82) is 0 Å². The number of thiophene rings is 1. The molecule has 0 spiro atoms. The second-order valence-electron chi connectivity index (χ2n) is 5.88. The average Bonchev–Trinajstić information content (AvgIpc) is 2.94. The van der Waals surface area contributed by atoms with Crippen LogP contribution < -0.4 is 4.90 Å². The maximum absolute atomic E-state index is 9.40. The first-order valence-corrected chi connectivity index (χ1v) is 9.70. The molecule has 1 aromatic carbocycles. The number of benzene rings is 1. The minimum Gasteiger partial charge on any atom is -0.395 e. The summed E-state index contributed by atoms with van der Waals surface area (Å²) in [4.78, 5) is 13.1. The molecule has 2 heterocycles. The van der Waals surface area contributed by atoms with E-state index in [-0.39, 0.29) is 11.9 Å². The Kier molecular flexibility index (Phi) is 5.57. The molecule has 0 unspecified atom stereocenters. The lowest BCUT2D eigenvalue weighted by molar-refractivity contribution is 0.302. The molecule has 0 aliphatic rings. The third-order valence-corrected chi connectivity index (χ3v) is 5.55. The normalized spacial score (nSPS) is 11.2. The summed E-state index contributed by atoms with van der Waals surface area (Å²) >= 11 is 7.80. The van der Waals surface area contributed by atoms with Gasteiger partial charge >= 0.3 is 0 Å². The Hall–Kier alpha value is -1.69. The number of nitrogens with zero attached hydrogens (tertiary/aromatic N) is 3. The van der Waals surface area contributed by atoms with Gasteiger partial charge in [-0.3, -0.25) is 0 Å². The lowest BCUT2D eigenvalue weighted by Gasteiger charge is -2.22. The van der Waals surface area contributed by atoms with Gasteiger partial charge in [0.1, 0.15) is 10.6 Å². The van der Waals surface area contributed by atoms with Gasteiger partial charge in [0, 0.05) is 23.5 Å². The van der Waals surface area contributed by atoms with Gasteiger partial charge in [-0.1, -0.05) is 31.2 Å². The summed E-state index contributed by atoms with van der Waals surface area (Å²) in [5.74, 6) is 0.797. The zero-order valence-electron chi connectivity index (χ0n) is 14.7. The topological polar surface area (TPSA) is 49.2 Å². The van der Waals surface area contributed by atoms with Crippen molar-refractivity contribution in [2.24, 2.45) is 0 Å². The molecular formula is C19H22ClN3OS. The van der Waals surface area contributed by atoms with Crippen LogP contribution in [0.1, 0.15) is 24.3 Å². The first-order valence-electron chi connectivity index (χ1n) is 8.50. The smallest absolute Gasteiger partial charge is 0.225 e. The van der Waals surface area contributed by atoms with E-state index in [9.17, 15) is 5.11 Å². The van der Waals surface area contributed by atoms with Gasteiger partial charge in [0.2, 0.25) is 5.28 Å². The van der Waals surface area contributed by atoms with E-state index >= 15 is 0 Å². The molecule has 0 aliphatic carbocycles. The van der Waals surface area contributed by atoms with Crippen molar-refractivity contribution < 1.29 is 5.11 Å². The Labute approximate surface area is 157 Å². The Balaban J connectivity index is 2.25. The number of aromatic nitrogens is 2. The minimum absolute atomic E-state index is 0.0700. The SMILES string of the molecule is CCc1ccc(-c2c(C)sc3nc(Cl)nc(N(CC)CCO)c23)cc1. The number of hydrogen-bond donors (Lipinski definition) is 1. The zero-order chi connectivity index (χ0) is 18.0. The number of hydrogen-bond acceptors (Lipinski definition) is 5. The number of halogens is 1. The number of aryl methyl sites for hydroxylation is 2. The monoisotopic (exact) mass is 375 g/mol. The van der Waals surface area contributed by atoms with Gasteiger partial charge in [0.25, 0.3) is 0 Å². The summed E-state index contributed by atoms with van der Waals surface area (Å²) < 4.78 is 0. The molecule has 0 amide bonds. The molecule has 1 N–H and O–H groups in total. The first kappa shape index (κ1) is 18.1. The molecule has 2 aromatic heterocycles. The lowest BCUT2D eigenvalue weighted by atomic mass is 10.0. The summed E-state index contributed by atoms with van der Waals surface area (Å²) in [7, 11) is 0. The molecule has 0 saturated carbocycles. The van der Waals surface area contributed by atoms with Crippen molar-refractivity contribution in [1.82, 2.24) is 9.97 Å². The molecule has 132 valence electrons. The van der Waals surface area contributed by atoms with Gasteiger partial charge in [-0.2, -0.15) is 4.98 Å². The molecule has 0 atom stereocenters. The summed E-state index contributed by atoms with van der Waals surface area (Å²) in [5, 5.41) is 10.7. The van der Waals surface area contributed by atoms with Gasteiger partial charge in [0.15, 0.2) is 0 Å². The molecular weight excluding hydrogens is 354 g/mol. The van der Waals surface area contributed by atoms with Crippen molar-refractivity contribution in [2.45, 2.75) is 27.2 Å². The van der Waals surface area contributed by atoms with Crippen LogP contribution in [-0.4, -0.2) is 34.8 Å². The Morgan fingerprint density at radius 1 is 1.16 bits per heavy atom. The number of anilines is 1. The number of aliphatic hydroxyl groups is 1. The van der Waals surface area contributed by atoms with Crippen molar-refractivity contribution in [3.63, 3.8) is 0 Å². The summed E-state index contributed by atoms with van der Waals surface area (Å²) in [6, 6.07) is 8.65. The fourth-order valence-electron chi connectivity index (χ4n) is 3.09. The molecule has 6 heteroatoms. The molecule has 0 aliphatic heterocycles. The van der Waals surface area contributed by atoms with Gasteiger partial charge in [0.05, 0.1) is 12.0 Å². The second-order valence-corrected chi connectivity index (χ2v) is 7.42.